The summed E-state index contributed by atoms with van der Waals surface area (Å²) >= 11 is 0. The molecule has 3 unspecified atom stereocenters. The van der Waals surface area contributed by atoms with Crippen molar-refractivity contribution < 1.29 is 5.11 Å². The molecule has 0 aromatic carbocycles. The Morgan fingerprint density at radius 3 is 2.50 bits per heavy atom. The van der Waals surface area contributed by atoms with Gasteiger partial charge in [-0.1, -0.05) is 6.92 Å². The van der Waals surface area contributed by atoms with Gasteiger partial charge in [-0.05, 0) is 31.6 Å². The molecule has 1 fully saturated rings. The van der Waals surface area contributed by atoms with E-state index < -0.39 is 0 Å². The van der Waals surface area contributed by atoms with E-state index in [4.69, 9.17) is 10.8 Å². The van der Waals surface area contributed by atoms with Crippen molar-refractivity contribution in [3.8, 4) is 0 Å². The molecule has 2 heteroatoms. The van der Waals surface area contributed by atoms with E-state index in [1.165, 1.54) is 6.42 Å². The van der Waals surface area contributed by atoms with Crippen LogP contribution in [0.1, 0.15) is 26.7 Å². The van der Waals surface area contributed by atoms with Gasteiger partial charge in [0.25, 0.3) is 0 Å². The van der Waals surface area contributed by atoms with E-state index >= 15 is 0 Å². The van der Waals surface area contributed by atoms with Crippen molar-refractivity contribution in [1.29, 1.82) is 0 Å². The van der Waals surface area contributed by atoms with E-state index in [0.29, 0.717) is 0 Å². The molecule has 1 aliphatic carbocycles. The van der Waals surface area contributed by atoms with Crippen LogP contribution in [0.15, 0.2) is 0 Å². The van der Waals surface area contributed by atoms with Crippen molar-refractivity contribution in [1.82, 2.24) is 0 Å². The second-order valence-corrected chi connectivity index (χ2v) is 3.99. The Morgan fingerprint density at radius 2 is 2.20 bits per heavy atom. The number of hydrogen-bond acceptors (Lipinski definition) is 2. The molecule has 0 bridgehead atoms. The lowest BCUT2D eigenvalue weighted by molar-refractivity contribution is 0.193. The van der Waals surface area contributed by atoms with E-state index in [0.717, 1.165) is 18.3 Å². The standard InChI is InChI=1S/C8H17NO/c1-6-3-7(6)4-8(2,9)5-10/h6-7,10H,3-5,9H2,1-2H3. The van der Waals surface area contributed by atoms with Gasteiger partial charge in [0.15, 0.2) is 0 Å². The quantitative estimate of drug-likeness (QED) is 0.612. The molecule has 0 heterocycles. The van der Waals surface area contributed by atoms with Crippen molar-refractivity contribution >= 4 is 0 Å². The Balaban J connectivity index is 2.24. The lowest BCUT2D eigenvalue weighted by atomic mass is 9.97. The average molecular weight is 143 g/mol. The highest BCUT2D eigenvalue weighted by Crippen LogP contribution is 2.42. The first kappa shape index (κ1) is 8.02. The predicted octanol–water partition coefficient (Wildman–Crippen LogP) is 0.742. The van der Waals surface area contributed by atoms with E-state index in [1.807, 2.05) is 6.92 Å². The lowest BCUT2D eigenvalue weighted by Gasteiger charge is -2.21. The molecule has 1 rings (SSSR count). The number of aliphatic hydroxyl groups is 1. The van der Waals surface area contributed by atoms with Gasteiger partial charge in [0.2, 0.25) is 0 Å². The molecule has 0 amide bonds. The van der Waals surface area contributed by atoms with Crippen LogP contribution < -0.4 is 5.73 Å². The first-order chi connectivity index (χ1) is 4.55. The van der Waals surface area contributed by atoms with Gasteiger partial charge in [0.1, 0.15) is 0 Å². The molecule has 0 aliphatic heterocycles. The van der Waals surface area contributed by atoms with Gasteiger partial charge in [-0.2, -0.15) is 0 Å². The molecule has 2 nitrogen and oxygen atoms in total. The zero-order chi connectivity index (χ0) is 7.78. The van der Waals surface area contributed by atoms with Crippen LogP contribution in [0.5, 0.6) is 0 Å². The minimum absolute atomic E-state index is 0.107. The Bertz CT molecular complexity index is 122. The fourth-order valence-electron chi connectivity index (χ4n) is 1.35. The predicted molar refractivity (Wildman–Crippen MR) is 41.6 cm³/mol. The Labute approximate surface area is 62.4 Å². The molecule has 3 atom stereocenters. The first-order valence-corrected chi connectivity index (χ1v) is 3.95. The van der Waals surface area contributed by atoms with E-state index in [9.17, 15) is 0 Å². The molecule has 0 radical (unpaired) electrons. The SMILES string of the molecule is CC1CC1CC(C)(N)CO. The summed E-state index contributed by atoms with van der Waals surface area (Å²) in [5.74, 6) is 1.62. The zero-order valence-corrected chi connectivity index (χ0v) is 6.80. The van der Waals surface area contributed by atoms with Gasteiger partial charge in [-0.15, -0.1) is 0 Å². The first-order valence-electron chi connectivity index (χ1n) is 3.95. The van der Waals surface area contributed by atoms with Gasteiger partial charge >= 0.3 is 0 Å². The maximum absolute atomic E-state index is 8.83. The second kappa shape index (κ2) is 2.51. The van der Waals surface area contributed by atoms with E-state index in [-0.39, 0.29) is 12.1 Å². The third kappa shape index (κ3) is 1.96. The summed E-state index contributed by atoms with van der Waals surface area (Å²) in [4.78, 5) is 0. The molecule has 0 aromatic heterocycles. The molecule has 60 valence electrons. The van der Waals surface area contributed by atoms with Gasteiger partial charge in [0.05, 0.1) is 6.61 Å². The summed E-state index contributed by atoms with van der Waals surface area (Å²) in [6.45, 7) is 4.26. The number of aliphatic hydroxyl groups excluding tert-OH is 1. The second-order valence-electron chi connectivity index (χ2n) is 3.99. The fourth-order valence-corrected chi connectivity index (χ4v) is 1.35. The minimum atomic E-state index is -0.338. The monoisotopic (exact) mass is 143 g/mol. The normalized spacial score (nSPS) is 37.2. The molecule has 1 saturated carbocycles. The third-order valence-electron chi connectivity index (χ3n) is 2.37. The summed E-state index contributed by atoms with van der Waals surface area (Å²) in [7, 11) is 0. The molecule has 3 N–H and O–H groups in total. The van der Waals surface area contributed by atoms with Gasteiger partial charge in [0, 0.05) is 5.54 Å². The summed E-state index contributed by atoms with van der Waals surface area (Å²) in [6.07, 6.45) is 2.28. The molecule has 1 aliphatic rings. The van der Waals surface area contributed by atoms with Crippen molar-refractivity contribution in [2.45, 2.75) is 32.2 Å². The summed E-state index contributed by atoms with van der Waals surface area (Å²) < 4.78 is 0. The highest BCUT2D eigenvalue weighted by atomic mass is 16.3. The van der Waals surface area contributed by atoms with Crippen LogP contribution in [0.25, 0.3) is 0 Å². The van der Waals surface area contributed by atoms with E-state index in [1.54, 1.807) is 0 Å². The van der Waals surface area contributed by atoms with Crippen LogP contribution in [-0.2, 0) is 0 Å². The van der Waals surface area contributed by atoms with Crippen molar-refractivity contribution in [2.75, 3.05) is 6.61 Å². The molecular weight excluding hydrogens is 126 g/mol. The fraction of sp³-hybridized carbons (Fsp3) is 1.00. The van der Waals surface area contributed by atoms with Crippen LogP contribution in [0.2, 0.25) is 0 Å². The Hall–Kier alpha value is -0.0800. The minimum Gasteiger partial charge on any atom is -0.394 e. The molecule has 10 heavy (non-hydrogen) atoms. The van der Waals surface area contributed by atoms with Crippen LogP contribution >= 0.6 is 0 Å². The smallest absolute Gasteiger partial charge is 0.0608 e. The van der Waals surface area contributed by atoms with Crippen LogP contribution in [0, 0.1) is 11.8 Å². The molecular formula is C8H17NO. The van der Waals surface area contributed by atoms with Crippen molar-refractivity contribution in [3.05, 3.63) is 0 Å². The topological polar surface area (TPSA) is 46.2 Å². The number of hydrogen-bond donors (Lipinski definition) is 2. The maximum Gasteiger partial charge on any atom is 0.0608 e. The highest BCUT2D eigenvalue weighted by molar-refractivity contribution is 4.91. The lowest BCUT2D eigenvalue weighted by Crippen LogP contribution is -2.40. The number of rotatable bonds is 3. The van der Waals surface area contributed by atoms with Crippen LogP contribution in [0.4, 0.5) is 0 Å². The zero-order valence-electron chi connectivity index (χ0n) is 6.80. The van der Waals surface area contributed by atoms with Crippen LogP contribution in [-0.4, -0.2) is 17.3 Å². The van der Waals surface area contributed by atoms with E-state index in [2.05, 4.69) is 6.92 Å². The van der Waals surface area contributed by atoms with Crippen molar-refractivity contribution in [3.63, 3.8) is 0 Å². The van der Waals surface area contributed by atoms with Gasteiger partial charge in [-0.3, -0.25) is 0 Å². The molecule has 0 saturated heterocycles. The summed E-state index contributed by atoms with van der Waals surface area (Å²) in [5.41, 5.74) is 5.43. The Kier molecular flexibility index (Phi) is 2.02. The van der Waals surface area contributed by atoms with Crippen molar-refractivity contribution in [2.24, 2.45) is 17.6 Å². The summed E-state index contributed by atoms with van der Waals surface area (Å²) in [5, 5.41) is 8.83. The largest absolute Gasteiger partial charge is 0.394 e. The van der Waals surface area contributed by atoms with Gasteiger partial charge < -0.3 is 10.8 Å². The third-order valence-corrected chi connectivity index (χ3v) is 2.37. The highest BCUT2D eigenvalue weighted by Gasteiger charge is 2.37. The maximum atomic E-state index is 8.83. The Morgan fingerprint density at radius 1 is 1.70 bits per heavy atom. The number of nitrogens with two attached hydrogens (primary N) is 1. The molecule has 0 aromatic rings. The molecule has 0 spiro atoms. The average Bonchev–Trinajstić information content (AvgIpc) is 2.46. The van der Waals surface area contributed by atoms with Crippen LogP contribution in [0.3, 0.4) is 0 Å². The van der Waals surface area contributed by atoms with Gasteiger partial charge in [-0.25, -0.2) is 0 Å². The summed E-state index contributed by atoms with van der Waals surface area (Å²) in [6, 6.07) is 0.